The van der Waals surface area contributed by atoms with Crippen LogP contribution in [-0.4, -0.2) is 61.4 Å². The van der Waals surface area contributed by atoms with Gasteiger partial charge in [0.1, 0.15) is 5.52 Å². The van der Waals surface area contributed by atoms with Gasteiger partial charge in [-0.05, 0) is 43.3 Å². The van der Waals surface area contributed by atoms with Crippen LogP contribution in [0.5, 0.6) is 0 Å². The zero-order valence-corrected chi connectivity index (χ0v) is 17.4. The van der Waals surface area contributed by atoms with Gasteiger partial charge in [-0.25, -0.2) is 9.20 Å². The Bertz CT molecular complexity index is 1400. The summed E-state index contributed by atoms with van der Waals surface area (Å²) in [6, 6.07) is 13.0. The molecule has 5 rings (SSSR count). The Hall–Kier alpha value is -4.39. The second-order valence-electron chi connectivity index (χ2n) is 7.61. The number of nitrogens with zero attached hydrogens (tertiary/aromatic N) is 7. The summed E-state index contributed by atoms with van der Waals surface area (Å²) in [5.41, 5.74) is 2.92. The second-order valence-corrected chi connectivity index (χ2v) is 7.61. The number of nitrogens with one attached hydrogen (secondary N) is 1. The predicted molar refractivity (Wildman–Crippen MR) is 117 cm³/mol. The Morgan fingerprint density at radius 2 is 1.88 bits per heavy atom. The molecule has 1 saturated heterocycles. The maximum Gasteiger partial charge on any atom is 0.276 e. The van der Waals surface area contributed by atoms with Gasteiger partial charge >= 0.3 is 0 Å². The number of piperazine rings is 1. The van der Waals surface area contributed by atoms with Gasteiger partial charge in [-0.15, -0.1) is 5.10 Å². The SMILES string of the molecule is Cc1c(C(=O)N2CCN(c3ccc(C#N)cc3)CC2)cnn1-c1nn2cccc2c(=O)[nH]1. The molecular formula is C22H20N8O2. The van der Waals surface area contributed by atoms with Crippen molar-refractivity contribution in [1.82, 2.24) is 29.3 Å². The lowest BCUT2D eigenvalue weighted by Crippen LogP contribution is -2.48. The number of rotatable bonds is 3. The van der Waals surface area contributed by atoms with Gasteiger partial charge in [0.2, 0.25) is 5.95 Å². The van der Waals surface area contributed by atoms with Crippen LogP contribution in [0.3, 0.4) is 0 Å². The summed E-state index contributed by atoms with van der Waals surface area (Å²) in [5, 5.41) is 17.6. The minimum absolute atomic E-state index is 0.0994. The Kier molecular flexibility index (Phi) is 4.71. The first-order chi connectivity index (χ1) is 15.5. The number of anilines is 1. The van der Waals surface area contributed by atoms with Crippen molar-refractivity contribution >= 4 is 17.1 Å². The van der Waals surface area contributed by atoms with Gasteiger partial charge in [0.25, 0.3) is 11.5 Å². The molecule has 1 N–H and O–H groups in total. The number of carbonyl (C=O) groups excluding carboxylic acids is 1. The van der Waals surface area contributed by atoms with Crippen molar-refractivity contribution in [3.8, 4) is 12.0 Å². The molecule has 1 fully saturated rings. The average Bonchev–Trinajstić information content (AvgIpc) is 3.45. The lowest BCUT2D eigenvalue weighted by atomic mass is 10.1. The van der Waals surface area contributed by atoms with Crippen molar-refractivity contribution in [2.24, 2.45) is 0 Å². The number of aromatic nitrogens is 5. The van der Waals surface area contributed by atoms with E-state index in [1.807, 2.05) is 12.1 Å². The first-order valence-electron chi connectivity index (χ1n) is 10.2. The zero-order chi connectivity index (χ0) is 22.2. The molecule has 1 aliphatic rings. The number of benzene rings is 1. The van der Waals surface area contributed by atoms with E-state index in [1.165, 1.54) is 15.4 Å². The molecular weight excluding hydrogens is 408 g/mol. The number of hydrogen-bond donors (Lipinski definition) is 1. The molecule has 1 amide bonds. The van der Waals surface area contributed by atoms with E-state index in [0.29, 0.717) is 48.5 Å². The summed E-state index contributed by atoms with van der Waals surface area (Å²) in [7, 11) is 0. The number of hydrogen-bond acceptors (Lipinski definition) is 6. The first kappa shape index (κ1) is 19.6. The van der Waals surface area contributed by atoms with Crippen LogP contribution in [-0.2, 0) is 0 Å². The zero-order valence-electron chi connectivity index (χ0n) is 17.4. The van der Waals surface area contributed by atoms with Crippen molar-refractivity contribution in [1.29, 1.82) is 5.26 Å². The fourth-order valence-electron chi connectivity index (χ4n) is 3.95. The Morgan fingerprint density at radius 3 is 2.59 bits per heavy atom. The van der Waals surface area contributed by atoms with Gasteiger partial charge in [-0.3, -0.25) is 14.6 Å². The van der Waals surface area contributed by atoms with Gasteiger partial charge in [0.15, 0.2) is 0 Å². The van der Waals surface area contributed by atoms with Gasteiger partial charge in [-0.2, -0.15) is 10.4 Å². The molecule has 0 spiro atoms. The summed E-state index contributed by atoms with van der Waals surface area (Å²) in [6.07, 6.45) is 3.21. The first-order valence-corrected chi connectivity index (χ1v) is 10.2. The average molecular weight is 428 g/mol. The van der Waals surface area contributed by atoms with E-state index >= 15 is 0 Å². The van der Waals surface area contributed by atoms with Crippen molar-refractivity contribution in [2.45, 2.75) is 6.92 Å². The van der Waals surface area contributed by atoms with Crippen LogP contribution < -0.4 is 10.5 Å². The molecule has 4 heterocycles. The topological polar surface area (TPSA) is 115 Å². The molecule has 0 bridgehead atoms. The molecule has 32 heavy (non-hydrogen) atoms. The predicted octanol–water partition coefficient (Wildman–Crippen LogP) is 1.35. The highest BCUT2D eigenvalue weighted by molar-refractivity contribution is 5.95. The summed E-state index contributed by atoms with van der Waals surface area (Å²) >= 11 is 0. The number of aromatic amines is 1. The van der Waals surface area contributed by atoms with Crippen molar-refractivity contribution in [2.75, 3.05) is 31.1 Å². The Labute approximate surface area is 182 Å². The summed E-state index contributed by atoms with van der Waals surface area (Å²) in [4.78, 5) is 32.1. The molecule has 1 aromatic carbocycles. The van der Waals surface area contributed by atoms with E-state index in [1.54, 1.807) is 42.3 Å². The van der Waals surface area contributed by atoms with E-state index in [-0.39, 0.29) is 17.4 Å². The van der Waals surface area contributed by atoms with Gasteiger partial charge < -0.3 is 9.80 Å². The fourth-order valence-corrected chi connectivity index (χ4v) is 3.95. The molecule has 3 aromatic heterocycles. The normalized spacial score (nSPS) is 14.0. The van der Waals surface area contributed by atoms with Crippen LogP contribution in [0.2, 0.25) is 0 Å². The highest BCUT2D eigenvalue weighted by atomic mass is 16.2. The largest absolute Gasteiger partial charge is 0.368 e. The smallest absolute Gasteiger partial charge is 0.276 e. The van der Waals surface area contributed by atoms with Crippen molar-refractivity contribution in [3.63, 3.8) is 0 Å². The van der Waals surface area contributed by atoms with Gasteiger partial charge in [0.05, 0.1) is 29.1 Å². The molecule has 0 unspecified atom stereocenters. The second kappa shape index (κ2) is 7.70. The van der Waals surface area contributed by atoms with Crippen LogP contribution in [0.4, 0.5) is 5.69 Å². The quantitative estimate of drug-likeness (QED) is 0.527. The van der Waals surface area contributed by atoms with Crippen LogP contribution >= 0.6 is 0 Å². The molecule has 0 radical (unpaired) electrons. The lowest BCUT2D eigenvalue weighted by Gasteiger charge is -2.36. The Morgan fingerprint density at radius 1 is 1.12 bits per heavy atom. The molecule has 10 heteroatoms. The van der Waals surface area contributed by atoms with Gasteiger partial charge in [-0.1, -0.05) is 0 Å². The summed E-state index contributed by atoms with van der Waals surface area (Å²) in [5.74, 6) is 0.151. The summed E-state index contributed by atoms with van der Waals surface area (Å²) < 4.78 is 2.96. The third-order valence-corrected chi connectivity index (χ3v) is 5.76. The number of fused-ring (bicyclic) bond motifs is 1. The molecule has 4 aromatic rings. The van der Waals surface area contributed by atoms with E-state index in [4.69, 9.17) is 5.26 Å². The third kappa shape index (κ3) is 3.30. The standard InChI is InChI=1S/C22H20N8O2/c1-15-18(14-24-30(15)22-25-20(31)19-3-2-8-29(19)26-22)21(32)28-11-9-27(10-12-28)17-6-4-16(13-23)5-7-17/h2-8,14H,9-12H2,1H3,(H,25,26,31). The monoisotopic (exact) mass is 428 g/mol. The maximum absolute atomic E-state index is 13.2. The fraction of sp³-hybridized carbons (Fsp3) is 0.227. The molecule has 0 saturated carbocycles. The van der Waals surface area contributed by atoms with Crippen molar-refractivity contribution < 1.29 is 4.79 Å². The van der Waals surface area contributed by atoms with Crippen LogP contribution in [0.1, 0.15) is 21.6 Å². The third-order valence-electron chi connectivity index (χ3n) is 5.76. The van der Waals surface area contributed by atoms with Gasteiger partial charge in [0, 0.05) is 38.1 Å². The minimum atomic E-state index is -0.276. The number of H-pyrrole nitrogens is 1. The molecule has 10 nitrogen and oxygen atoms in total. The van der Waals surface area contributed by atoms with E-state index in [9.17, 15) is 9.59 Å². The molecule has 0 aliphatic carbocycles. The number of amides is 1. The molecule has 1 aliphatic heterocycles. The van der Waals surface area contributed by atoms with Crippen LogP contribution in [0.25, 0.3) is 11.5 Å². The summed E-state index contributed by atoms with van der Waals surface area (Å²) in [6.45, 7) is 4.34. The number of carbonyl (C=O) groups is 1. The minimum Gasteiger partial charge on any atom is -0.368 e. The Balaban J connectivity index is 1.32. The maximum atomic E-state index is 13.2. The number of nitriles is 1. The van der Waals surface area contributed by atoms with Crippen LogP contribution in [0, 0.1) is 18.3 Å². The highest BCUT2D eigenvalue weighted by Gasteiger charge is 2.25. The van der Waals surface area contributed by atoms with E-state index in [0.717, 1.165) is 5.69 Å². The molecule has 0 atom stereocenters. The lowest BCUT2D eigenvalue weighted by molar-refractivity contribution is 0.0746. The highest BCUT2D eigenvalue weighted by Crippen LogP contribution is 2.19. The van der Waals surface area contributed by atoms with E-state index in [2.05, 4.69) is 26.2 Å². The van der Waals surface area contributed by atoms with E-state index < -0.39 is 0 Å². The van der Waals surface area contributed by atoms with Crippen molar-refractivity contribution in [3.05, 3.63) is 76.0 Å². The van der Waals surface area contributed by atoms with Crippen LogP contribution in [0.15, 0.2) is 53.6 Å². The molecule has 160 valence electrons.